The lowest BCUT2D eigenvalue weighted by atomic mass is 9.86. The van der Waals surface area contributed by atoms with E-state index in [9.17, 15) is 9.59 Å². The van der Waals surface area contributed by atoms with Crippen LogP contribution in [0.2, 0.25) is 0 Å². The van der Waals surface area contributed by atoms with E-state index in [-0.39, 0.29) is 23.9 Å². The van der Waals surface area contributed by atoms with E-state index >= 15 is 0 Å². The van der Waals surface area contributed by atoms with Gasteiger partial charge in [0.05, 0.1) is 6.04 Å². The van der Waals surface area contributed by atoms with Gasteiger partial charge in [0.2, 0.25) is 5.91 Å². The second kappa shape index (κ2) is 7.13. The Morgan fingerprint density at radius 2 is 1.96 bits per heavy atom. The highest BCUT2D eigenvalue weighted by atomic mass is 16.5. The van der Waals surface area contributed by atoms with Crippen molar-refractivity contribution in [3.05, 3.63) is 35.9 Å². The molecule has 1 aromatic rings. The first-order chi connectivity index (χ1) is 10.8. The Labute approximate surface area is 137 Å². The Bertz CT molecular complexity index is 551. The van der Waals surface area contributed by atoms with E-state index in [2.05, 4.69) is 0 Å². The highest BCUT2D eigenvalue weighted by molar-refractivity contribution is 5.88. The highest BCUT2D eigenvalue weighted by Crippen LogP contribution is 2.25. The molecule has 1 saturated heterocycles. The molecule has 2 atom stereocenters. The zero-order chi connectivity index (χ0) is 17.0. The van der Waals surface area contributed by atoms with Gasteiger partial charge in [-0.3, -0.25) is 4.79 Å². The van der Waals surface area contributed by atoms with Crippen LogP contribution in [0.25, 0.3) is 0 Å². The van der Waals surface area contributed by atoms with E-state index in [1.807, 2.05) is 51.1 Å². The van der Waals surface area contributed by atoms with Crippen LogP contribution < -0.4 is 5.73 Å². The Morgan fingerprint density at radius 3 is 2.57 bits per heavy atom. The molecule has 2 N–H and O–H groups in total. The second-order valence-corrected chi connectivity index (χ2v) is 7.13. The molecule has 0 unspecified atom stereocenters. The fraction of sp³-hybridized carbons (Fsp3) is 0.556. The first kappa shape index (κ1) is 17.5. The minimum Gasteiger partial charge on any atom is -0.459 e. The Balaban J connectivity index is 1.98. The van der Waals surface area contributed by atoms with Crippen LogP contribution in [0.5, 0.6) is 0 Å². The van der Waals surface area contributed by atoms with Crippen LogP contribution in [-0.2, 0) is 20.9 Å². The van der Waals surface area contributed by atoms with Gasteiger partial charge in [-0.1, -0.05) is 51.1 Å². The van der Waals surface area contributed by atoms with E-state index in [4.69, 9.17) is 10.5 Å². The van der Waals surface area contributed by atoms with Gasteiger partial charge in [0.25, 0.3) is 0 Å². The zero-order valence-corrected chi connectivity index (χ0v) is 14.1. The van der Waals surface area contributed by atoms with Gasteiger partial charge in [-0.05, 0) is 23.8 Å². The number of nitrogens with two attached hydrogens (primary N) is 1. The molecule has 1 amide bonds. The first-order valence-electron chi connectivity index (χ1n) is 8.07. The molecule has 1 aromatic carbocycles. The fourth-order valence-corrected chi connectivity index (χ4v) is 2.65. The fourth-order valence-electron chi connectivity index (χ4n) is 2.65. The largest absolute Gasteiger partial charge is 0.459 e. The van der Waals surface area contributed by atoms with Gasteiger partial charge in [-0.15, -0.1) is 0 Å². The summed E-state index contributed by atoms with van der Waals surface area (Å²) in [6.07, 6.45) is 1.43. The molecule has 1 aliphatic heterocycles. The van der Waals surface area contributed by atoms with Gasteiger partial charge in [-0.2, -0.15) is 0 Å². The maximum absolute atomic E-state index is 12.6. The van der Waals surface area contributed by atoms with Gasteiger partial charge in [0.1, 0.15) is 12.6 Å². The molecule has 0 radical (unpaired) electrons. The second-order valence-electron chi connectivity index (χ2n) is 7.13. The Hall–Kier alpha value is -1.88. The third kappa shape index (κ3) is 4.32. The number of amides is 1. The number of esters is 1. The molecule has 1 aliphatic rings. The summed E-state index contributed by atoms with van der Waals surface area (Å²) in [5.41, 5.74) is 6.66. The quantitative estimate of drug-likeness (QED) is 0.863. The number of likely N-dealkylation sites (tertiary alicyclic amines) is 1. The summed E-state index contributed by atoms with van der Waals surface area (Å²) in [5, 5.41) is 0. The molecule has 1 heterocycles. The number of hydrogen-bond donors (Lipinski definition) is 1. The van der Waals surface area contributed by atoms with Crippen molar-refractivity contribution < 1.29 is 14.3 Å². The highest BCUT2D eigenvalue weighted by Gasteiger charge is 2.40. The third-order valence-electron chi connectivity index (χ3n) is 4.23. The average molecular weight is 318 g/mol. The van der Waals surface area contributed by atoms with Crippen molar-refractivity contribution in [1.82, 2.24) is 4.90 Å². The van der Waals surface area contributed by atoms with Crippen LogP contribution >= 0.6 is 0 Å². The molecule has 1 fully saturated rings. The minimum absolute atomic E-state index is 0.170. The lowest BCUT2D eigenvalue weighted by Gasteiger charge is -2.32. The van der Waals surface area contributed by atoms with Crippen molar-refractivity contribution in [2.45, 2.75) is 52.3 Å². The molecule has 126 valence electrons. The Morgan fingerprint density at radius 1 is 1.30 bits per heavy atom. The summed E-state index contributed by atoms with van der Waals surface area (Å²) in [4.78, 5) is 26.5. The molecule has 5 heteroatoms. The van der Waals surface area contributed by atoms with Crippen LogP contribution in [0.4, 0.5) is 0 Å². The van der Waals surface area contributed by atoms with Gasteiger partial charge in [0.15, 0.2) is 0 Å². The molecule has 0 aliphatic carbocycles. The van der Waals surface area contributed by atoms with Crippen LogP contribution in [-0.4, -0.2) is 35.4 Å². The van der Waals surface area contributed by atoms with Crippen LogP contribution in [0.3, 0.4) is 0 Å². The van der Waals surface area contributed by atoms with Crippen molar-refractivity contribution >= 4 is 11.9 Å². The summed E-state index contributed by atoms with van der Waals surface area (Å²) in [7, 11) is 0. The maximum Gasteiger partial charge on any atom is 0.329 e. The lowest BCUT2D eigenvalue weighted by Crippen LogP contribution is -2.53. The number of carbonyl (C=O) groups excluding carboxylic acids is 2. The van der Waals surface area contributed by atoms with Gasteiger partial charge in [-0.25, -0.2) is 4.79 Å². The lowest BCUT2D eigenvalue weighted by molar-refractivity contribution is -0.155. The maximum atomic E-state index is 12.6. The number of ether oxygens (including phenoxy) is 1. The number of carbonyl (C=O) groups is 2. The van der Waals surface area contributed by atoms with Gasteiger partial charge in [0, 0.05) is 6.54 Å². The molecule has 0 aromatic heterocycles. The Kier molecular flexibility index (Phi) is 5.42. The average Bonchev–Trinajstić information content (AvgIpc) is 3.01. The monoisotopic (exact) mass is 318 g/mol. The molecule has 2 rings (SSSR count). The van der Waals surface area contributed by atoms with E-state index < -0.39 is 12.1 Å². The minimum atomic E-state index is -0.620. The summed E-state index contributed by atoms with van der Waals surface area (Å²) >= 11 is 0. The summed E-state index contributed by atoms with van der Waals surface area (Å²) in [6, 6.07) is 8.38. The third-order valence-corrected chi connectivity index (χ3v) is 4.23. The summed E-state index contributed by atoms with van der Waals surface area (Å²) in [6.45, 7) is 6.56. The number of nitrogens with zero attached hydrogens (tertiary/aromatic N) is 1. The van der Waals surface area contributed by atoms with Crippen LogP contribution in [0.15, 0.2) is 30.3 Å². The number of hydrogen-bond acceptors (Lipinski definition) is 4. The van der Waals surface area contributed by atoms with Gasteiger partial charge >= 0.3 is 5.97 Å². The van der Waals surface area contributed by atoms with Crippen molar-refractivity contribution in [2.24, 2.45) is 11.1 Å². The van der Waals surface area contributed by atoms with Crippen molar-refractivity contribution in [3.8, 4) is 0 Å². The van der Waals surface area contributed by atoms with E-state index in [0.717, 1.165) is 12.0 Å². The van der Waals surface area contributed by atoms with E-state index in [1.165, 1.54) is 0 Å². The topological polar surface area (TPSA) is 72.6 Å². The van der Waals surface area contributed by atoms with E-state index in [0.29, 0.717) is 13.0 Å². The van der Waals surface area contributed by atoms with Crippen molar-refractivity contribution in [1.29, 1.82) is 0 Å². The first-order valence-corrected chi connectivity index (χ1v) is 8.07. The standard InChI is InChI=1S/C18H26N2O3/c1-18(2,3)15(19)16(21)20-11-7-10-14(20)17(22)23-12-13-8-5-4-6-9-13/h4-6,8-9,14-15H,7,10-12,19H2,1-3H3/t14-,15+/m1/s1. The van der Waals surface area contributed by atoms with Crippen LogP contribution in [0, 0.1) is 5.41 Å². The van der Waals surface area contributed by atoms with E-state index in [1.54, 1.807) is 4.90 Å². The molecular formula is C18H26N2O3. The molecule has 0 spiro atoms. The normalized spacial score (nSPS) is 19.5. The summed E-state index contributed by atoms with van der Waals surface area (Å²) < 4.78 is 5.38. The molecule has 0 bridgehead atoms. The van der Waals surface area contributed by atoms with Gasteiger partial charge < -0.3 is 15.4 Å². The predicted molar refractivity (Wildman–Crippen MR) is 88.4 cm³/mol. The summed E-state index contributed by atoms with van der Waals surface area (Å²) in [5.74, 6) is -0.516. The van der Waals surface area contributed by atoms with Crippen LogP contribution in [0.1, 0.15) is 39.2 Å². The number of benzene rings is 1. The molecular weight excluding hydrogens is 292 g/mol. The molecule has 0 saturated carbocycles. The predicted octanol–water partition coefficient (Wildman–Crippen LogP) is 2.09. The van der Waals surface area contributed by atoms with Crippen molar-refractivity contribution in [3.63, 3.8) is 0 Å². The zero-order valence-electron chi connectivity index (χ0n) is 14.1. The smallest absolute Gasteiger partial charge is 0.329 e. The molecule has 5 nitrogen and oxygen atoms in total. The SMILES string of the molecule is CC(C)(C)[C@@H](N)C(=O)N1CCC[C@@H]1C(=O)OCc1ccccc1. The van der Waals surface area contributed by atoms with Crippen molar-refractivity contribution in [2.75, 3.05) is 6.54 Å². The molecule has 23 heavy (non-hydrogen) atoms. The number of rotatable bonds is 4.